The zero-order valence-corrected chi connectivity index (χ0v) is 10.8. The Bertz CT molecular complexity index is 497. The maximum absolute atomic E-state index is 12.0. The molecule has 1 aliphatic carbocycles. The lowest BCUT2D eigenvalue weighted by Crippen LogP contribution is -2.36. The molecule has 0 atom stereocenters. The lowest BCUT2D eigenvalue weighted by Gasteiger charge is -2.19. The summed E-state index contributed by atoms with van der Waals surface area (Å²) < 4.78 is 11.0. The molecule has 3 rings (SSSR count). The first-order chi connectivity index (χ1) is 9.23. The molecule has 3 N–H and O–H groups in total. The second kappa shape index (κ2) is 4.74. The molecule has 0 radical (unpaired) electrons. The molecule has 0 unspecified atom stereocenters. The maximum atomic E-state index is 12.0. The van der Waals surface area contributed by atoms with Crippen molar-refractivity contribution in [3.8, 4) is 11.5 Å². The molecule has 5 nitrogen and oxygen atoms in total. The number of hydrogen-bond donors (Lipinski definition) is 2. The molecule has 1 saturated carbocycles. The summed E-state index contributed by atoms with van der Waals surface area (Å²) in [5, 5.41) is 2.94. The van der Waals surface area contributed by atoms with Crippen molar-refractivity contribution in [1.29, 1.82) is 0 Å². The molecule has 2 aliphatic rings. The van der Waals surface area contributed by atoms with Gasteiger partial charge in [-0.05, 0) is 30.5 Å². The molecule has 1 heterocycles. The fraction of sp³-hybridized carbons (Fsp3) is 0.500. The predicted molar refractivity (Wildman–Crippen MR) is 70.0 cm³/mol. The summed E-state index contributed by atoms with van der Waals surface area (Å²) in [4.78, 5) is 12.0. The van der Waals surface area contributed by atoms with E-state index in [9.17, 15) is 4.79 Å². The van der Waals surface area contributed by atoms with Gasteiger partial charge >= 0.3 is 0 Å². The summed E-state index contributed by atoms with van der Waals surface area (Å²) in [7, 11) is 0. The van der Waals surface area contributed by atoms with Crippen molar-refractivity contribution in [3.63, 3.8) is 0 Å². The van der Waals surface area contributed by atoms with Gasteiger partial charge < -0.3 is 20.5 Å². The average Bonchev–Trinajstić information content (AvgIpc) is 3.25. The molecule has 19 heavy (non-hydrogen) atoms. The number of ether oxygens (including phenoxy) is 2. The van der Waals surface area contributed by atoms with E-state index in [-0.39, 0.29) is 11.3 Å². The van der Waals surface area contributed by atoms with Crippen LogP contribution in [0, 0.1) is 5.41 Å². The molecular weight excluding hydrogens is 244 g/mol. The average molecular weight is 262 g/mol. The van der Waals surface area contributed by atoms with Crippen LogP contribution in [-0.2, 0) is 11.3 Å². The number of amides is 1. The third-order valence-electron chi connectivity index (χ3n) is 3.79. The van der Waals surface area contributed by atoms with Crippen LogP contribution in [0.3, 0.4) is 0 Å². The summed E-state index contributed by atoms with van der Waals surface area (Å²) >= 11 is 0. The monoisotopic (exact) mass is 262 g/mol. The van der Waals surface area contributed by atoms with E-state index in [0.717, 1.165) is 29.9 Å². The highest BCUT2D eigenvalue weighted by Crippen LogP contribution is 2.44. The third kappa shape index (κ3) is 2.38. The maximum Gasteiger partial charge on any atom is 0.227 e. The van der Waals surface area contributed by atoms with Gasteiger partial charge in [0, 0.05) is 13.1 Å². The Morgan fingerprint density at radius 3 is 2.68 bits per heavy atom. The van der Waals surface area contributed by atoms with Crippen LogP contribution < -0.4 is 20.5 Å². The number of rotatable bonds is 4. The summed E-state index contributed by atoms with van der Waals surface area (Å²) in [5.74, 6) is 1.57. The predicted octanol–water partition coefficient (Wildman–Crippen LogP) is 0.813. The van der Waals surface area contributed by atoms with Crippen molar-refractivity contribution in [3.05, 3.63) is 23.8 Å². The fourth-order valence-corrected chi connectivity index (χ4v) is 2.24. The van der Waals surface area contributed by atoms with Gasteiger partial charge in [-0.25, -0.2) is 0 Å². The Balaban J connectivity index is 1.62. The topological polar surface area (TPSA) is 73.6 Å². The molecule has 0 spiro atoms. The van der Waals surface area contributed by atoms with Crippen LogP contribution in [0.5, 0.6) is 11.5 Å². The molecular formula is C14H18N2O3. The van der Waals surface area contributed by atoms with Crippen molar-refractivity contribution < 1.29 is 14.3 Å². The Labute approximate surface area is 112 Å². The SMILES string of the molecule is NCC1(C(=O)NCc2ccc3c(c2)OCCO3)CC1. The fourth-order valence-electron chi connectivity index (χ4n) is 2.24. The minimum absolute atomic E-state index is 0.0601. The van der Waals surface area contributed by atoms with E-state index in [1.54, 1.807) is 0 Å². The Hall–Kier alpha value is -1.75. The number of fused-ring (bicyclic) bond motifs is 1. The van der Waals surface area contributed by atoms with Crippen LogP contribution in [0.2, 0.25) is 0 Å². The third-order valence-corrected chi connectivity index (χ3v) is 3.79. The summed E-state index contributed by atoms with van der Waals surface area (Å²) in [6, 6.07) is 5.73. The van der Waals surface area contributed by atoms with Crippen LogP contribution in [0.1, 0.15) is 18.4 Å². The molecule has 1 aromatic carbocycles. The zero-order valence-electron chi connectivity index (χ0n) is 10.8. The van der Waals surface area contributed by atoms with E-state index in [4.69, 9.17) is 15.2 Å². The van der Waals surface area contributed by atoms with E-state index in [1.807, 2.05) is 18.2 Å². The molecule has 1 aromatic rings. The number of nitrogens with two attached hydrogens (primary N) is 1. The normalized spacial score (nSPS) is 18.8. The highest BCUT2D eigenvalue weighted by Gasteiger charge is 2.48. The second-order valence-electron chi connectivity index (χ2n) is 5.15. The first-order valence-electron chi connectivity index (χ1n) is 6.60. The number of nitrogens with one attached hydrogen (secondary N) is 1. The van der Waals surface area contributed by atoms with Crippen LogP contribution >= 0.6 is 0 Å². The van der Waals surface area contributed by atoms with Crippen molar-refractivity contribution in [1.82, 2.24) is 5.32 Å². The molecule has 5 heteroatoms. The summed E-state index contributed by atoms with van der Waals surface area (Å²) in [5.41, 5.74) is 6.34. The Kier molecular flexibility index (Phi) is 3.06. The van der Waals surface area contributed by atoms with Crippen LogP contribution in [0.15, 0.2) is 18.2 Å². The molecule has 1 amide bonds. The van der Waals surface area contributed by atoms with E-state index in [2.05, 4.69) is 5.32 Å². The molecule has 0 aromatic heterocycles. The first-order valence-corrected chi connectivity index (χ1v) is 6.60. The second-order valence-corrected chi connectivity index (χ2v) is 5.15. The molecule has 0 saturated heterocycles. The van der Waals surface area contributed by atoms with Gasteiger partial charge in [0.05, 0.1) is 5.41 Å². The number of benzene rings is 1. The lowest BCUT2D eigenvalue weighted by molar-refractivity contribution is -0.126. The van der Waals surface area contributed by atoms with Gasteiger partial charge in [-0.3, -0.25) is 4.79 Å². The number of hydrogen-bond acceptors (Lipinski definition) is 4. The zero-order chi connectivity index (χ0) is 13.3. The van der Waals surface area contributed by atoms with Crippen molar-refractivity contribution in [2.45, 2.75) is 19.4 Å². The largest absolute Gasteiger partial charge is 0.486 e. The standard InChI is InChI=1S/C14H18N2O3/c15-9-14(3-4-14)13(17)16-8-10-1-2-11-12(7-10)19-6-5-18-11/h1-2,7H,3-6,8-9,15H2,(H,16,17). The number of carbonyl (C=O) groups is 1. The van der Waals surface area contributed by atoms with Crippen LogP contribution in [0.4, 0.5) is 0 Å². The van der Waals surface area contributed by atoms with E-state index in [0.29, 0.717) is 26.3 Å². The van der Waals surface area contributed by atoms with Crippen LogP contribution in [-0.4, -0.2) is 25.7 Å². The summed E-state index contributed by atoms with van der Waals surface area (Å²) in [6.45, 7) is 2.08. The molecule has 102 valence electrons. The first kappa shape index (κ1) is 12.3. The quantitative estimate of drug-likeness (QED) is 0.842. The van der Waals surface area contributed by atoms with Gasteiger partial charge in [-0.2, -0.15) is 0 Å². The smallest absolute Gasteiger partial charge is 0.227 e. The Morgan fingerprint density at radius 1 is 1.26 bits per heavy atom. The van der Waals surface area contributed by atoms with Gasteiger partial charge in [-0.15, -0.1) is 0 Å². The van der Waals surface area contributed by atoms with Crippen LogP contribution in [0.25, 0.3) is 0 Å². The van der Waals surface area contributed by atoms with E-state index < -0.39 is 0 Å². The van der Waals surface area contributed by atoms with Crippen molar-refractivity contribution >= 4 is 5.91 Å². The Morgan fingerprint density at radius 2 is 2.00 bits per heavy atom. The highest BCUT2D eigenvalue weighted by atomic mass is 16.6. The minimum Gasteiger partial charge on any atom is -0.486 e. The van der Waals surface area contributed by atoms with Gasteiger partial charge in [0.1, 0.15) is 13.2 Å². The molecule has 0 bridgehead atoms. The van der Waals surface area contributed by atoms with Crippen molar-refractivity contribution in [2.75, 3.05) is 19.8 Å². The highest BCUT2D eigenvalue weighted by molar-refractivity contribution is 5.85. The van der Waals surface area contributed by atoms with E-state index in [1.165, 1.54) is 0 Å². The molecule has 1 aliphatic heterocycles. The van der Waals surface area contributed by atoms with E-state index >= 15 is 0 Å². The number of carbonyl (C=O) groups excluding carboxylic acids is 1. The van der Waals surface area contributed by atoms with Gasteiger partial charge in [-0.1, -0.05) is 6.07 Å². The minimum atomic E-state index is -0.298. The van der Waals surface area contributed by atoms with Gasteiger partial charge in [0.2, 0.25) is 5.91 Å². The summed E-state index contributed by atoms with van der Waals surface area (Å²) in [6.07, 6.45) is 1.80. The lowest BCUT2D eigenvalue weighted by atomic mass is 10.1. The van der Waals surface area contributed by atoms with Gasteiger partial charge in [0.15, 0.2) is 11.5 Å². The van der Waals surface area contributed by atoms with Gasteiger partial charge in [0.25, 0.3) is 0 Å². The molecule has 1 fully saturated rings. The van der Waals surface area contributed by atoms with Crippen molar-refractivity contribution in [2.24, 2.45) is 11.1 Å².